The molecule has 116 valence electrons. The summed E-state index contributed by atoms with van der Waals surface area (Å²) in [5.41, 5.74) is 1.09. The molecule has 7 nitrogen and oxygen atoms in total. The number of carboxylic acids is 1. The predicted octanol–water partition coefficient (Wildman–Crippen LogP) is 1.09. The molecule has 1 aromatic heterocycles. The van der Waals surface area contributed by atoms with Crippen LogP contribution in [0.1, 0.15) is 25.3 Å². The van der Waals surface area contributed by atoms with E-state index in [9.17, 15) is 9.59 Å². The Balaban J connectivity index is 1.77. The summed E-state index contributed by atoms with van der Waals surface area (Å²) in [7, 11) is 0. The van der Waals surface area contributed by atoms with Crippen LogP contribution in [0.3, 0.4) is 0 Å². The highest BCUT2D eigenvalue weighted by atomic mass is 16.4. The molecule has 0 bridgehead atoms. The lowest BCUT2D eigenvalue weighted by atomic mass is 9.92. The number of nitrogens with one attached hydrogen (secondary N) is 1. The van der Waals surface area contributed by atoms with Gasteiger partial charge in [0.05, 0.1) is 18.7 Å². The SMILES string of the molecule is Cc1cnn(CCNC(=O)N2CCC(C(=O)O)CC2C)c1. The van der Waals surface area contributed by atoms with E-state index in [0.717, 1.165) is 5.56 Å². The fourth-order valence-electron chi connectivity index (χ4n) is 2.67. The van der Waals surface area contributed by atoms with E-state index in [0.29, 0.717) is 32.5 Å². The molecule has 7 heteroatoms. The summed E-state index contributed by atoms with van der Waals surface area (Å²) in [4.78, 5) is 24.8. The maximum Gasteiger partial charge on any atom is 0.317 e. The van der Waals surface area contributed by atoms with Crippen LogP contribution in [0, 0.1) is 12.8 Å². The molecular formula is C14H22N4O3. The summed E-state index contributed by atoms with van der Waals surface area (Å²) in [6, 6.07) is -0.179. The van der Waals surface area contributed by atoms with Gasteiger partial charge in [0, 0.05) is 25.3 Å². The van der Waals surface area contributed by atoms with Gasteiger partial charge in [-0.2, -0.15) is 5.10 Å². The van der Waals surface area contributed by atoms with Crippen LogP contribution < -0.4 is 5.32 Å². The Morgan fingerprint density at radius 3 is 2.86 bits per heavy atom. The number of aromatic nitrogens is 2. The molecule has 2 amide bonds. The summed E-state index contributed by atoms with van der Waals surface area (Å²) >= 11 is 0. The van der Waals surface area contributed by atoms with Crippen molar-refractivity contribution >= 4 is 12.0 Å². The zero-order valence-corrected chi connectivity index (χ0v) is 12.5. The lowest BCUT2D eigenvalue weighted by molar-refractivity contribution is -0.143. The molecule has 2 rings (SSSR count). The molecule has 0 aliphatic carbocycles. The maximum atomic E-state index is 12.1. The second-order valence-electron chi connectivity index (χ2n) is 5.61. The van der Waals surface area contributed by atoms with Crippen molar-refractivity contribution in [3.05, 3.63) is 18.0 Å². The Hall–Kier alpha value is -2.05. The highest BCUT2D eigenvalue weighted by molar-refractivity contribution is 5.75. The van der Waals surface area contributed by atoms with Gasteiger partial charge in [-0.15, -0.1) is 0 Å². The maximum absolute atomic E-state index is 12.1. The number of hydrogen-bond acceptors (Lipinski definition) is 3. The van der Waals surface area contributed by atoms with Gasteiger partial charge < -0.3 is 15.3 Å². The number of hydrogen-bond donors (Lipinski definition) is 2. The monoisotopic (exact) mass is 294 g/mol. The zero-order valence-electron chi connectivity index (χ0n) is 12.5. The summed E-state index contributed by atoms with van der Waals surface area (Å²) in [6.45, 7) is 5.48. The standard InChI is InChI=1S/C14H22N4O3/c1-10-8-16-17(9-10)6-4-15-14(21)18-5-3-12(13(19)20)7-11(18)2/h8-9,11-12H,3-7H2,1-2H3,(H,15,21)(H,19,20). The molecule has 0 radical (unpaired) electrons. The minimum atomic E-state index is -0.768. The molecule has 1 fully saturated rings. The molecule has 2 atom stereocenters. The van der Waals surface area contributed by atoms with Gasteiger partial charge in [0.1, 0.15) is 0 Å². The van der Waals surface area contributed by atoms with E-state index in [1.807, 2.05) is 20.0 Å². The van der Waals surface area contributed by atoms with Crippen LogP contribution in [-0.4, -0.2) is 50.9 Å². The molecule has 2 heterocycles. The first-order chi connectivity index (χ1) is 9.97. The normalized spacial score (nSPS) is 22.1. The Kier molecular flexibility index (Phi) is 4.82. The van der Waals surface area contributed by atoms with E-state index in [-0.39, 0.29) is 18.0 Å². The molecule has 1 aliphatic heterocycles. The number of aryl methyl sites for hydroxylation is 1. The topological polar surface area (TPSA) is 87.5 Å². The number of urea groups is 1. The highest BCUT2D eigenvalue weighted by Crippen LogP contribution is 2.22. The van der Waals surface area contributed by atoms with E-state index in [4.69, 9.17) is 5.11 Å². The van der Waals surface area contributed by atoms with E-state index in [1.165, 1.54) is 0 Å². The Morgan fingerprint density at radius 2 is 2.29 bits per heavy atom. The molecule has 1 aliphatic rings. The number of piperidine rings is 1. The molecule has 0 aromatic carbocycles. The van der Waals surface area contributed by atoms with Gasteiger partial charge in [-0.3, -0.25) is 9.48 Å². The number of aliphatic carboxylic acids is 1. The fourth-order valence-corrected chi connectivity index (χ4v) is 2.67. The zero-order chi connectivity index (χ0) is 15.4. The lowest BCUT2D eigenvalue weighted by Gasteiger charge is -2.36. The molecule has 1 saturated heterocycles. The summed E-state index contributed by atoms with van der Waals surface area (Å²) in [5.74, 6) is -1.10. The third-order valence-corrected chi connectivity index (χ3v) is 3.87. The number of carbonyl (C=O) groups excluding carboxylic acids is 1. The number of carbonyl (C=O) groups is 2. The number of amides is 2. The van der Waals surface area contributed by atoms with Gasteiger partial charge in [0.2, 0.25) is 0 Å². The summed E-state index contributed by atoms with van der Waals surface area (Å²) < 4.78 is 1.79. The minimum Gasteiger partial charge on any atom is -0.481 e. The first kappa shape index (κ1) is 15.3. The Labute approximate surface area is 123 Å². The largest absolute Gasteiger partial charge is 0.481 e. The van der Waals surface area contributed by atoms with Crippen molar-refractivity contribution in [1.29, 1.82) is 0 Å². The number of likely N-dealkylation sites (tertiary alicyclic amines) is 1. The van der Waals surface area contributed by atoms with Gasteiger partial charge in [0.15, 0.2) is 0 Å². The van der Waals surface area contributed by atoms with Crippen molar-refractivity contribution in [1.82, 2.24) is 20.0 Å². The van der Waals surface area contributed by atoms with Crippen molar-refractivity contribution in [3.8, 4) is 0 Å². The first-order valence-electron chi connectivity index (χ1n) is 7.23. The smallest absolute Gasteiger partial charge is 0.317 e. The number of carboxylic acid groups (broad SMARTS) is 1. The molecule has 0 saturated carbocycles. The average Bonchev–Trinajstić information content (AvgIpc) is 2.84. The molecule has 2 unspecified atom stereocenters. The van der Waals surface area contributed by atoms with Crippen molar-refractivity contribution in [3.63, 3.8) is 0 Å². The molecular weight excluding hydrogens is 272 g/mol. The first-order valence-corrected chi connectivity index (χ1v) is 7.23. The fraction of sp³-hybridized carbons (Fsp3) is 0.643. The van der Waals surface area contributed by atoms with Gasteiger partial charge in [-0.25, -0.2) is 4.79 Å². The van der Waals surface area contributed by atoms with Crippen LogP contribution in [0.4, 0.5) is 4.79 Å². The third-order valence-electron chi connectivity index (χ3n) is 3.87. The van der Waals surface area contributed by atoms with Gasteiger partial charge >= 0.3 is 12.0 Å². The highest BCUT2D eigenvalue weighted by Gasteiger charge is 2.31. The Bertz CT molecular complexity index is 514. The van der Waals surface area contributed by atoms with Crippen LogP contribution in [0.15, 0.2) is 12.4 Å². The van der Waals surface area contributed by atoms with Crippen molar-refractivity contribution in [2.45, 2.75) is 39.3 Å². The van der Waals surface area contributed by atoms with E-state index in [2.05, 4.69) is 10.4 Å². The molecule has 21 heavy (non-hydrogen) atoms. The van der Waals surface area contributed by atoms with Gasteiger partial charge in [-0.1, -0.05) is 0 Å². The third kappa shape index (κ3) is 3.96. The number of rotatable bonds is 4. The minimum absolute atomic E-state index is 0.0493. The van der Waals surface area contributed by atoms with E-state index < -0.39 is 5.97 Å². The quantitative estimate of drug-likeness (QED) is 0.870. The summed E-state index contributed by atoms with van der Waals surface area (Å²) in [5, 5.41) is 16.0. The van der Waals surface area contributed by atoms with E-state index >= 15 is 0 Å². The van der Waals surface area contributed by atoms with Crippen LogP contribution in [0.5, 0.6) is 0 Å². The van der Waals surface area contributed by atoms with Gasteiger partial charge in [-0.05, 0) is 32.3 Å². The predicted molar refractivity (Wildman–Crippen MR) is 76.9 cm³/mol. The van der Waals surface area contributed by atoms with E-state index in [1.54, 1.807) is 15.8 Å². The van der Waals surface area contributed by atoms with Crippen molar-refractivity contribution in [2.75, 3.05) is 13.1 Å². The van der Waals surface area contributed by atoms with Crippen molar-refractivity contribution in [2.24, 2.45) is 5.92 Å². The molecule has 1 aromatic rings. The molecule has 2 N–H and O–H groups in total. The summed E-state index contributed by atoms with van der Waals surface area (Å²) in [6.07, 6.45) is 4.74. The second-order valence-corrected chi connectivity index (χ2v) is 5.61. The van der Waals surface area contributed by atoms with Crippen LogP contribution in [0.2, 0.25) is 0 Å². The molecule has 0 spiro atoms. The van der Waals surface area contributed by atoms with Crippen LogP contribution >= 0.6 is 0 Å². The lowest BCUT2D eigenvalue weighted by Crippen LogP contribution is -2.50. The Morgan fingerprint density at radius 1 is 1.52 bits per heavy atom. The van der Waals surface area contributed by atoms with Crippen LogP contribution in [0.25, 0.3) is 0 Å². The van der Waals surface area contributed by atoms with Crippen LogP contribution in [-0.2, 0) is 11.3 Å². The average molecular weight is 294 g/mol. The number of nitrogens with zero attached hydrogens (tertiary/aromatic N) is 3. The van der Waals surface area contributed by atoms with Gasteiger partial charge in [0.25, 0.3) is 0 Å². The second kappa shape index (κ2) is 6.60. The van der Waals surface area contributed by atoms with Crippen molar-refractivity contribution < 1.29 is 14.7 Å².